The summed E-state index contributed by atoms with van der Waals surface area (Å²) >= 11 is 9.12. The van der Waals surface area contributed by atoms with Crippen LogP contribution in [-0.2, 0) is 0 Å². The maximum absolute atomic E-state index is 5.81. The van der Waals surface area contributed by atoms with Gasteiger partial charge in [-0.25, -0.2) is 9.97 Å². The number of hydrogen-bond acceptors (Lipinski definition) is 3. The molecule has 2 rings (SSSR count). The highest BCUT2D eigenvalue weighted by Gasteiger charge is 2.02. The molecule has 0 amide bonds. The molecular weight excluding hydrogens is 253 g/mol. The van der Waals surface area contributed by atoms with E-state index in [1.165, 1.54) is 0 Å². The first-order valence-corrected chi connectivity index (χ1v) is 4.71. The number of aromatic nitrogens is 2. The summed E-state index contributed by atoms with van der Waals surface area (Å²) in [5.74, 6) is 0.309. The molecule has 0 radical (unpaired) electrons. The molecule has 66 valence electrons. The maximum Gasteiger partial charge on any atom is 0.161 e. The normalized spacial score (nSPS) is 10.6. The molecule has 0 saturated heterocycles. The fraction of sp³-hybridized carbons (Fsp3) is 0. The second-order valence-corrected chi connectivity index (χ2v) is 3.88. The van der Waals surface area contributed by atoms with Crippen molar-refractivity contribution in [3.63, 3.8) is 0 Å². The highest BCUT2D eigenvalue weighted by atomic mass is 79.9. The lowest BCUT2D eigenvalue weighted by molar-refractivity contribution is 1.28. The Morgan fingerprint density at radius 3 is 2.92 bits per heavy atom. The Bertz CT molecular complexity index is 472. The third-order valence-corrected chi connectivity index (χ3v) is 2.35. The average molecular weight is 259 g/mol. The highest BCUT2D eigenvalue weighted by Crippen LogP contribution is 2.23. The molecular formula is C8H5BrClN3. The van der Waals surface area contributed by atoms with Gasteiger partial charge in [0.15, 0.2) is 5.65 Å². The van der Waals surface area contributed by atoms with Crippen LogP contribution in [0.15, 0.2) is 22.8 Å². The average Bonchev–Trinajstić information content (AvgIpc) is 2.08. The van der Waals surface area contributed by atoms with E-state index in [2.05, 4.69) is 25.9 Å². The van der Waals surface area contributed by atoms with E-state index in [1.54, 1.807) is 12.3 Å². The van der Waals surface area contributed by atoms with Crippen LogP contribution in [0.5, 0.6) is 0 Å². The molecule has 0 aromatic carbocycles. The molecule has 0 atom stereocenters. The SMILES string of the molecule is Nc1nc2ncc(Br)cc2cc1Cl. The van der Waals surface area contributed by atoms with Gasteiger partial charge in [0.1, 0.15) is 5.82 Å². The van der Waals surface area contributed by atoms with Gasteiger partial charge in [0.2, 0.25) is 0 Å². The van der Waals surface area contributed by atoms with Crippen LogP contribution in [0.25, 0.3) is 11.0 Å². The Morgan fingerprint density at radius 1 is 1.38 bits per heavy atom. The van der Waals surface area contributed by atoms with E-state index in [-0.39, 0.29) is 0 Å². The Hall–Kier alpha value is -0.870. The largest absolute Gasteiger partial charge is 0.382 e. The number of rotatable bonds is 0. The van der Waals surface area contributed by atoms with Gasteiger partial charge in [-0.15, -0.1) is 0 Å². The molecule has 0 spiro atoms. The number of anilines is 1. The zero-order valence-corrected chi connectivity index (χ0v) is 8.80. The minimum atomic E-state index is 0.309. The van der Waals surface area contributed by atoms with Gasteiger partial charge in [0.05, 0.1) is 5.02 Å². The molecule has 13 heavy (non-hydrogen) atoms. The quantitative estimate of drug-likeness (QED) is 0.790. The molecule has 0 aliphatic carbocycles. The topological polar surface area (TPSA) is 51.8 Å². The van der Waals surface area contributed by atoms with Crippen molar-refractivity contribution in [1.29, 1.82) is 0 Å². The van der Waals surface area contributed by atoms with E-state index in [0.29, 0.717) is 16.5 Å². The van der Waals surface area contributed by atoms with Crippen LogP contribution in [0.4, 0.5) is 5.82 Å². The van der Waals surface area contributed by atoms with E-state index >= 15 is 0 Å². The Morgan fingerprint density at radius 2 is 2.15 bits per heavy atom. The van der Waals surface area contributed by atoms with Crippen LogP contribution >= 0.6 is 27.5 Å². The molecule has 3 nitrogen and oxygen atoms in total. The van der Waals surface area contributed by atoms with Crippen LogP contribution in [0, 0.1) is 0 Å². The van der Waals surface area contributed by atoms with Gasteiger partial charge < -0.3 is 5.73 Å². The number of fused-ring (bicyclic) bond motifs is 1. The minimum absolute atomic E-state index is 0.309. The minimum Gasteiger partial charge on any atom is -0.382 e. The lowest BCUT2D eigenvalue weighted by atomic mass is 10.3. The van der Waals surface area contributed by atoms with Crippen molar-refractivity contribution in [2.45, 2.75) is 0 Å². The number of nitrogens with zero attached hydrogens (tertiary/aromatic N) is 2. The summed E-state index contributed by atoms with van der Waals surface area (Å²) in [5, 5.41) is 1.32. The predicted octanol–water partition coefficient (Wildman–Crippen LogP) is 2.63. The Kier molecular flexibility index (Phi) is 2.09. The molecule has 0 aliphatic heterocycles. The molecule has 0 fully saturated rings. The standard InChI is InChI=1S/C8H5BrClN3/c9-5-1-4-2-6(10)7(11)13-8(4)12-3-5/h1-3H,(H2,11,12,13). The molecule has 0 aliphatic rings. The first-order valence-electron chi connectivity index (χ1n) is 3.54. The third kappa shape index (κ3) is 1.59. The Labute approximate surface area is 88.1 Å². The molecule has 0 unspecified atom stereocenters. The fourth-order valence-electron chi connectivity index (χ4n) is 1.03. The van der Waals surface area contributed by atoms with Crippen molar-refractivity contribution in [3.05, 3.63) is 27.8 Å². The molecule has 2 aromatic rings. The molecule has 0 saturated carbocycles. The van der Waals surface area contributed by atoms with Gasteiger partial charge in [0, 0.05) is 16.1 Å². The van der Waals surface area contributed by atoms with Crippen LogP contribution < -0.4 is 5.73 Å². The monoisotopic (exact) mass is 257 g/mol. The molecule has 0 bridgehead atoms. The van der Waals surface area contributed by atoms with E-state index in [9.17, 15) is 0 Å². The summed E-state index contributed by atoms with van der Waals surface area (Å²) in [4.78, 5) is 8.12. The van der Waals surface area contributed by atoms with Gasteiger partial charge >= 0.3 is 0 Å². The van der Waals surface area contributed by atoms with Crippen LogP contribution in [0.3, 0.4) is 0 Å². The molecule has 2 N–H and O–H groups in total. The zero-order chi connectivity index (χ0) is 9.42. The summed E-state index contributed by atoms with van der Waals surface area (Å²) in [7, 11) is 0. The smallest absolute Gasteiger partial charge is 0.161 e. The number of hydrogen-bond donors (Lipinski definition) is 1. The summed E-state index contributed by atoms with van der Waals surface area (Å²) in [6.45, 7) is 0. The van der Waals surface area contributed by atoms with Crippen molar-refractivity contribution in [2.75, 3.05) is 5.73 Å². The summed E-state index contributed by atoms with van der Waals surface area (Å²) < 4.78 is 0.891. The molecule has 5 heteroatoms. The van der Waals surface area contributed by atoms with Crippen molar-refractivity contribution in [1.82, 2.24) is 9.97 Å². The first kappa shape index (κ1) is 8.72. The van der Waals surface area contributed by atoms with Gasteiger partial charge in [-0.05, 0) is 28.1 Å². The highest BCUT2D eigenvalue weighted by molar-refractivity contribution is 9.10. The van der Waals surface area contributed by atoms with Crippen molar-refractivity contribution in [2.24, 2.45) is 0 Å². The van der Waals surface area contributed by atoms with Crippen LogP contribution in [0.1, 0.15) is 0 Å². The second-order valence-electron chi connectivity index (χ2n) is 2.56. The summed E-state index contributed by atoms with van der Waals surface area (Å²) in [6.07, 6.45) is 1.67. The number of halogens is 2. The van der Waals surface area contributed by atoms with Gasteiger partial charge in [-0.2, -0.15) is 0 Å². The Balaban J connectivity index is 2.81. The van der Waals surface area contributed by atoms with Crippen LogP contribution in [-0.4, -0.2) is 9.97 Å². The molecule has 2 aromatic heterocycles. The predicted molar refractivity (Wildman–Crippen MR) is 56.7 cm³/mol. The van der Waals surface area contributed by atoms with Gasteiger partial charge in [0.25, 0.3) is 0 Å². The number of nitrogen functional groups attached to an aromatic ring is 1. The summed E-state index contributed by atoms with van der Waals surface area (Å²) in [6, 6.07) is 3.64. The van der Waals surface area contributed by atoms with E-state index < -0.39 is 0 Å². The summed E-state index contributed by atoms with van der Waals surface area (Å²) in [5.41, 5.74) is 6.13. The molecule has 2 heterocycles. The van der Waals surface area contributed by atoms with E-state index in [1.807, 2.05) is 6.07 Å². The van der Waals surface area contributed by atoms with E-state index in [4.69, 9.17) is 17.3 Å². The van der Waals surface area contributed by atoms with E-state index in [0.717, 1.165) is 9.86 Å². The van der Waals surface area contributed by atoms with Crippen molar-refractivity contribution >= 4 is 44.4 Å². The van der Waals surface area contributed by atoms with Gasteiger partial charge in [-0.1, -0.05) is 11.6 Å². The van der Waals surface area contributed by atoms with Crippen molar-refractivity contribution in [3.8, 4) is 0 Å². The van der Waals surface area contributed by atoms with Crippen molar-refractivity contribution < 1.29 is 0 Å². The zero-order valence-electron chi connectivity index (χ0n) is 6.46. The lowest BCUT2D eigenvalue weighted by Crippen LogP contribution is -1.93. The maximum atomic E-state index is 5.81. The fourth-order valence-corrected chi connectivity index (χ4v) is 1.53. The second kappa shape index (κ2) is 3.12. The number of pyridine rings is 2. The first-order chi connectivity index (χ1) is 6.16. The lowest BCUT2D eigenvalue weighted by Gasteiger charge is -2.00. The third-order valence-electron chi connectivity index (χ3n) is 1.62. The van der Waals surface area contributed by atoms with Crippen LogP contribution in [0.2, 0.25) is 5.02 Å². The number of nitrogens with two attached hydrogens (primary N) is 1. The van der Waals surface area contributed by atoms with Gasteiger partial charge in [-0.3, -0.25) is 0 Å².